The largest absolute Gasteiger partial charge is 0.461 e. The molecular formula is C28H36O8. The van der Waals surface area contributed by atoms with Crippen LogP contribution in [0.5, 0.6) is 0 Å². The molecule has 3 saturated carbocycles. The highest BCUT2D eigenvalue weighted by atomic mass is 16.8. The number of allylic oxidation sites excluding steroid dienone is 1. The van der Waals surface area contributed by atoms with Crippen molar-refractivity contribution in [3.05, 3.63) is 12.2 Å². The molecule has 13 atom stereocenters. The third-order valence-corrected chi connectivity index (χ3v) is 12.7. The van der Waals surface area contributed by atoms with Crippen LogP contribution in [-0.4, -0.2) is 68.5 Å². The monoisotopic (exact) mass is 500 g/mol. The number of fused-ring (bicyclic) bond motifs is 7. The van der Waals surface area contributed by atoms with Crippen LogP contribution in [0.2, 0.25) is 0 Å². The molecule has 0 aromatic rings. The molecule has 0 aromatic heterocycles. The lowest BCUT2D eigenvalue weighted by Gasteiger charge is -2.66. The molecule has 8 heteroatoms. The van der Waals surface area contributed by atoms with Crippen LogP contribution in [0.4, 0.5) is 0 Å². The van der Waals surface area contributed by atoms with Crippen molar-refractivity contribution in [3.63, 3.8) is 0 Å². The molecule has 5 aliphatic heterocycles. The van der Waals surface area contributed by atoms with Crippen molar-refractivity contribution in [3.8, 4) is 0 Å². The maximum absolute atomic E-state index is 13.5. The van der Waals surface area contributed by atoms with Crippen molar-refractivity contribution < 1.29 is 38.7 Å². The van der Waals surface area contributed by atoms with E-state index in [1.165, 1.54) is 0 Å². The van der Waals surface area contributed by atoms with Gasteiger partial charge in [-0.05, 0) is 71.8 Å². The zero-order valence-corrected chi connectivity index (χ0v) is 21.4. The normalized spacial score (nSPS) is 65.9. The number of carbonyl (C=O) groups is 2. The first kappa shape index (κ1) is 22.6. The zero-order chi connectivity index (χ0) is 25.3. The van der Waals surface area contributed by atoms with E-state index in [9.17, 15) is 19.8 Å². The molecule has 2 N–H and O–H groups in total. The molecule has 0 amide bonds. The maximum Gasteiger partial charge on any atom is 0.315 e. The summed E-state index contributed by atoms with van der Waals surface area (Å²) in [6, 6.07) is 0. The lowest BCUT2D eigenvalue weighted by atomic mass is 9.44. The third-order valence-electron chi connectivity index (χ3n) is 12.7. The second-order valence-corrected chi connectivity index (χ2v) is 14.0. The van der Waals surface area contributed by atoms with Crippen molar-refractivity contribution in [2.24, 2.45) is 28.6 Å². The van der Waals surface area contributed by atoms with Crippen LogP contribution in [0.15, 0.2) is 12.2 Å². The highest BCUT2D eigenvalue weighted by molar-refractivity contribution is 5.98. The summed E-state index contributed by atoms with van der Waals surface area (Å²) < 4.78 is 26.5. The van der Waals surface area contributed by atoms with Gasteiger partial charge in [0.2, 0.25) is 0 Å². The second kappa shape index (κ2) is 5.96. The number of aliphatic hydroxyl groups is 2. The van der Waals surface area contributed by atoms with E-state index < -0.39 is 45.1 Å². The predicted octanol–water partition coefficient (Wildman–Crippen LogP) is 2.19. The van der Waals surface area contributed by atoms with Gasteiger partial charge in [0.15, 0.2) is 11.6 Å². The minimum Gasteiger partial charge on any atom is -0.461 e. The molecule has 0 radical (unpaired) electrons. The molecule has 8 nitrogen and oxygen atoms in total. The SMILES string of the molecule is C[C@@]12C[C@@H]([C@@]34CC[C@@]5(O3)[C@@H]3[C@H](O4)[C@H]4O[C@]46CC=CC(=O)[C@]6(C)[C@H]3CC[C@@]5(C)O)[C@@H](C[C@@]1(C)O)OC2=O. The van der Waals surface area contributed by atoms with Crippen molar-refractivity contribution in [2.45, 2.75) is 119 Å². The first-order valence-electron chi connectivity index (χ1n) is 13.7. The molecule has 9 rings (SSSR count). The lowest BCUT2D eigenvalue weighted by molar-refractivity contribution is -0.418. The van der Waals surface area contributed by atoms with E-state index in [0.717, 1.165) is 0 Å². The molecule has 4 bridgehead atoms. The van der Waals surface area contributed by atoms with E-state index in [0.29, 0.717) is 44.9 Å². The third kappa shape index (κ3) is 2.08. The quantitative estimate of drug-likeness (QED) is 0.416. The number of epoxide rings is 1. The summed E-state index contributed by atoms with van der Waals surface area (Å²) >= 11 is 0. The molecule has 4 aliphatic carbocycles. The van der Waals surface area contributed by atoms with Crippen molar-refractivity contribution >= 4 is 11.8 Å². The van der Waals surface area contributed by atoms with E-state index in [2.05, 4.69) is 6.92 Å². The fourth-order valence-electron chi connectivity index (χ4n) is 10.2. The second-order valence-electron chi connectivity index (χ2n) is 14.0. The highest BCUT2D eigenvalue weighted by Crippen LogP contribution is 2.76. The minimum atomic E-state index is -1.17. The number of rotatable bonds is 1. The number of hydrogen-bond acceptors (Lipinski definition) is 8. The Bertz CT molecular complexity index is 1140. The number of carbonyl (C=O) groups excluding carboxylic acids is 2. The summed E-state index contributed by atoms with van der Waals surface area (Å²) in [7, 11) is 0. The predicted molar refractivity (Wildman–Crippen MR) is 123 cm³/mol. The molecule has 5 saturated heterocycles. The van der Waals surface area contributed by atoms with Gasteiger partial charge in [-0.1, -0.05) is 6.08 Å². The van der Waals surface area contributed by atoms with Crippen molar-refractivity contribution in [1.82, 2.24) is 0 Å². The number of hydrogen-bond donors (Lipinski definition) is 2. The lowest BCUT2D eigenvalue weighted by Crippen LogP contribution is -2.77. The summed E-state index contributed by atoms with van der Waals surface area (Å²) in [5.41, 5.74) is -5.41. The van der Waals surface area contributed by atoms with Gasteiger partial charge in [-0.3, -0.25) is 9.59 Å². The molecule has 5 heterocycles. The first-order valence-corrected chi connectivity index (χ1v) is 13.7. The Balaban J connectivity index is 1.26. The number of ether oxygens (including phenoxy) is 4. The van der Waals surface area contributed by atoms with E-state index in [1.807, 2.05) is 13.0 Å². The van der Waals surface area contributed by atoms with Crippen LogP contribution in [0.1, 0.15) is 72.6 Å². The van der Waals surface area contributed by atoms with Gasteiger partial charge in [0, 0.05) is 18.8 Å². The summed E-state index contributed by atoms with van der Waals surface area (Å²) in [5, 5.41) is 23.1. The summed E-state index contributed by atoms with van der Waals surface area (Å²) in [4.78, 5) is 26.3. The molecule has 36 heavy (non-hydrogen) atoms. The highest BCUT2D eigenvalue weighted by Gasteiger charge is 2.86. The molecule has 8 fully saturated rings. The maximum atomic E-state index is 13.5. The molecule has 0 aromatic carbocycles. The molecular weight excluding hydrogens is 464 g/mol. The van der Waals surface area contributed by atoms with E-state index in [4.69, 9.17) is 18.9 Å². The molecule has 9 aliphatic rings. The number of esters is 1. The van der Waals surface area contributed by atoms with E-state index in [1.54, 1.807) is 19.9 Å². The average molecular weight is 501 g/mol. The Morgan fingerprint density at radius 1 is 0.917 bits per heavy atom. The molecule has 0 unspecified atom stereocenters. The Kier molecular flexibility index (Phi) is 3.75. The minimum absolute atomic E-state index is 0.0195. The smallest absolute Gasteiger partial charge is 0.315 e. The summed E-state index contributed by atoms with van der Waals surface area (Å²) in [6.07, 6.45) is 6.44. The fourth-order valence-corrected chi connectivity index (χ4v) is 10.2. The Morgan fingerprint density at radius 3 is 2.44 bits per heavy atom. The topological polar surface area (TPSA) is 115 Å². The average Bonchev–Trinajstić information content (AvgIpc) is 3.45. The van der Waals surface area contributed by atoms with Gasteiger partial charge < -0.3 is 29.2 Å². The molecule has 196 valence electrons. The van der Waals surface area contributed by atoms with Gasteiger partial charge >= 0.3 is 5.97 Å². The number of ketones is 1. The van der Waals surface area contributed by atoms with Gasteiger partial charge in [0.05, 0.1) is 34.1 Å². The van der Waals surface area contributed by atoms with E-state index >= 15 is 0 Å². The van der Waals surface area contributed by atoms with Gasteiger partial charge in [0.25, 0.3) is 0 Å². The van der Waals surface area contributed by atoms with Gasteiger partial charge in [-0.15, -0.1) is 0 Å². The van der Waals surface area contributed by atoms with Crippen LogP contribution < -0.4 is 0 Å². The zero-order valence-electron chi connectivity index (χ0n) is 21.4. The fraction of sp³-hybridized carbons (Fsp3) is 0.857. The van der Waals surface area contributed by atoms with E-state index in [-0.39, 0.29) is 41.7 Å². The van der Waals surface area contributed by atoms with Gasteiger partial charge in [0.1, 0.15) is 23.4 Å². The van der Waals surface area contributed by atoms with Crippen LogP contribution in [0.25, 0.3) is 0 Å². The van der Waals surface area contributed by atoms with Gasteiger partial charge in [-0.25, -0.2) is 0 Å². The van der Waals surface area contributed by atoms with Crippen molar-refractivity contribution in [2.75, 3.05) is 0 Å². The Morgan fingerprint density at radius 2 is 1.69 bits per heavy atom. The van der Waals surface area contributed by atoms with Crippen molar-refractivity contribution in [1.29, 1.82) is 0 Å². The van der Waals surface area contributed by atoms with Crippen LogP contribution in [-0.2, 0) is 28.5 Å². The Hall–Kier alpha value is -1.32. The summed E-state index contributed by atoms with van der Waals surface area (Å²) in [6.45, 7) is 7.44. The molecule has 2 spiro atoms. The summed E-state index contributed by atoms with van der Waals surface area (Å²) in [5.74, 6) is -1.74. The Labute approximate surface area is 210 Å². The first-order chi connectivity index (χ1) is 16.8. The van der Waals surface area contributed by atoms with Gasteiger partial charge in [-0.2, -0.15) is 0 Å². The standard InChI is InChI=1S/C28H36O8/c1-22-12-15(16(33-21(22)30)13-24(22,3)32)28-11-10-26(36-28)18-14(7-9-23(26,2)31)25(4)17(29)6-5-8-27(25)20(35-27)19(18)34-28/h5-6,14-16,18-20,31-32H,7-13H2,1-4H3/t14-,15+,16+,18-,19-,20+,22-,23+,24+,25-,26+,27+,28+/m0/s1. The van der Waals surface area contributed by atoms with Crippen LogP contribution >= 0.6 is 0 Å². The van der Waals surface area contributed by atoms with Crippen LogP contribution in [0, 0.1) is 28.6 Å². The van der Waals surface area contributed by atoms with Crippen LogP contribution in [0.3, 0.4) is 0 Å².